The standard InChI is InChI=1S/C46H65N6O20P3S2/c1-6-50-35-20-18-31(76(62,63)64)27-33(35)45(2,3)39(50)15-14-16-40-46(4,5)34-28-32(77(65,66)67)19-21-36(34)51(40)24-12-9-10-17-42(54)48-23-11-7-8-13-26-68-73(56,57)71-75(60,61)72-74(58,59)69-30-38-37(53)29-43(70-38)52-25-22-41(47)49-44(52)55/h14-16,18-22,25,27-28,37-38,43,53H,6-13,17,23-24,26,29-30H2,1-5H3,(H7-,47,48,49,54,55,56,57,58,59,60,61,62,63,64,65,66,67)/t37-,38+,43+/m0/s1. The number of nitrogen functional groups attached to an aromatic ring is 1. The van der Waals surface area contributed by atoms with E-state index in [1.165, 1.54) is 36.5 Å². The van der Waals surface area contributed by atoms with Gasteiger partial charge in [0.1, 0.15) is 34.8 Å². The van der Waals surface area contributed by atoms with Gasteiger partial charge in [0.2, 0.25) is 11.6 Å². The third-order valence-corrected chi connectivity index (χ3v) is 19.2. The molecule has 0 radical (unpaired) electrons. The smallest absolute Gasteiger partial charge is 0.490 e. The second-order valence-electron chi connectivity index (χ2n) is 19.5. The van der Waals surface area contributed by atoms with Crippen LogP contribution in [0.25, 0.3) is 0 Å². The number of rotatable bonds is 27. The van der Waals surface area contributed by atoms with Crippen molar-refractivity contribution in [3.8, 4) is 0 Å². The van der Waals surface area contributed by atoms with E-state index in [9.17, 15) is 69.0 Å². The molecule has 77 heavy (non-hydrogen) atoms. The lowest BCUT2D eigenvalue weighted by Crippen LogP contribution is -2.28. The molecule has 3 aromatic rings. The second-order valence-corrected chi connectivity index (χ2v) is 26.9. The van der Waals surface area contributed by atoms with Crippen LogP contribution < -0.4 is 21.6 Å². The van der Waals surface area contributed by atoms with Crippen LogP contribution in [0.2, 0.25) is 0 Å². The minimum absolute atomic E-state index is 0.0588. The molecular formula is C46H65N6O20P3S2. The number of allylic oxidation sites excluding steroid dienone is 4. The number of phosphoric acid groups is 3. The van der Waals surface area contributed by atoms with Crippen LogP contribution in [0.3, 0.4) is 0 Å². The average Bonchev–Trinajstić information content (AvgIpc) is 3.91. The Hall–Kier alpha value is -4.31. The minimum atomic E-state index is -5.77. The van der Waals surface area contributed by atoms with E-state index >= 15 is 0 Å². The highest BCUT2D eigenvalue weighted by Gasteiger charge is 2.46. The predicted molar refractivity (Wildman–Crippen MR) is 278 cm³/mol. The van der Waals surface area contributed by atoms with Crippen LogP contribution in [0.1, 0.15) is 110 Å². The Morgan fingerprint density at radius 2 is 1.56 bits per heavy atom. The number of aliphatic hydroxyl groups excluding tert-OH is 1. The number of likely N-dealkylation sites (N-methyl/N-ethyl adjacent to an activating group) is 1. The lowest BCUT2D eigenvalue weighted by atomic mass is 9.81. The summed E-state index contributed by atoms with van der Waals surface area (Å²) in [5, 5.41) is 13.1. The molecular weight excluding hydrogens is 1110 g/mol. The molecule has 0 aliphatic carbocycles. The van der Waals surface area contributed by atoms with Gasteiger partial charge in [0.25, 0.3) is 10.1 Å². The van der Waals surface area contributed by atoms with Gasteiger partial charge >= 0.3 is 29.2 Å². The summed E-state index contributed by atoms with van der Waals surface area (Å²) in [6.07, 6.45) is 7.01. The summed E-state index contributed by atoms with van der Waals surface area (Å²) in [5.41, 5.74) is 7.95. The van der Waals surface area contributed by atoms with Gasteiger partial charge in [0.15, 0.2) is 5.71 Å². The molecule has 0 saturated carbocycles. The molecule has 6 atom stereocenters. The first-order valence-electron chi connectivity index (χ1n) is 24.4. The zero-order chi connectivity index (χ0) is 56.9. The molecule has 0 bridgehead atoms. The maximum Gasteiger partial charge on any atom is 0.490 e. The highest BCUT2D eigenvalue weighted by Crippen LogP contribution is 2.68. The van der Waals surface area contributed by atoms with Crippen molar-refractivity contribution >= 4 is 72.5 Å². The van der Waals surface area contributed by atoms with Crippen LogP contribution in [0, 0.1) is 0 Å². The molecule has 2 aromatic carbocycles. The Balaban J connectivity index is 0.918. The molecule has 4 heterocycles. The zero-order valence-corrected chi connectivity index (χ0v) is 47.2. The number of hydrogen-bond donors (Lipinski definition) is 7. The van der Waals surface area contributed by atoms with Crippen molar-refractivity contribution in [1.29, 1.82) is 0 Å². The normalized spacial score (nSPS) is 22.0. The number of nitrogens with one attached hydrogen (secondary N) is 1. The quantitative estimate of drug-likeness (QED) is 0.0212. The van der Waals surface area contributed by atoms with Crippen LogP contribution >= 0.6 is 23.5 Å². The Labute approximate surface area is 445 Å². The first kappa shape index (κ1) is 61.9. The molecule has 1 fully saturated rings. The maximum absolute atomic E-state index is 12.7. The SMILES string of the molecule is CCN1C(=CC=CC2=[N+](CCCCCC(=O)NCCCCCCOP(=O)(O)OP(=O)(O)OP(=O)(O)OC[C@H]3O[C@@H](n4ccc(N)nc4=O)C[C@@H]3O)c3ccc(S(=O)(=O)[O-])cc3C2(C)C)C(C)(C)c2cc(S(=O)(=O)O)ccc21. The zero-order valence-electron chi connectivity index (χ0n) is 42.9. The van der Waals surface area contributed by atoms with Gasteiger partial charge < -0.3 is 45.0 Å². The van der Waals surface area contributed by atoms with Crippen molar-refractivity contribution in [2.75, 3.05) is 43.5 Å². The fourth-order valence-electron chi connectivity index (χ4n) is 9.42. The van der Waals surface area contributed by atoms with Crippen LogP contribution in [0.5, 0.6) is 0 Å². The minimum Gasteiger partial charge on any atom is -0.744 e. The fraction of sp³-hybridized carbons (Fsp3) is 0.522. The number of phosphoric ester groups is 2. The number of aromatic nitrogens is 2. The van der Waals surface area contributed by atoms with Crippen molar-refractivity contribution in [3.05, 3.63) is 94.2 Å². The van der Waals surface area contributed by atoms with Crippen molar-refractivity contribution in [3.63, 3.8) is 0 Å². The molecule has 1 amide bonds. The number of carbonyl (C=O) groups excluding carboxylic acids is 1. The van der Waals surface area contributed by atoms with Gasteiger partial charge in [-0.25, -0.2) is 26.9 Å². The molecule has 3 aliphatic rings. The van der Waals surface area contributed by atoms with Gasteiger partial charge in [0, 0.05) is 73.1 Å². The molecule has 3 aliphatic heterocycles. The molecule has 8 N–H and O–H groups in total. The van der Waals surface area contributed by atoms with Crippen LogP contribution in [-0.2, 0) is 72.0 Å². The van der Waals surface area contributed by atoms with E-state index in [1.54, 1.807) is 12.1 Å². The third-order valence-electron chi connectivity index (χ3n) is 13.3. The Bertz CT molecular complexity index is 3240. The summed E-state index contributed by atoms with van der Waals surface area (Å²) < 4.78 is 133. The lowest BCUT2D eigenvalue weighted by molar-refractivity contribution is -0.438. The molecule has 26 nitrogen and oxygen atoms in total. The average molecular weight is 1180 g/mol. The fourth-order valence-corrected chi connectivity index (χ4v) is 14.0. The molecule has 0 spiro atoms. The van der Waals surface area contributed by atoms with Crippen LogP contribution in [0.4, 0.5) is 17.2 Å². The number of nitrogens with zero attached hydrogens (tertiary/aromatic N) is 4. The number of carbonyl (C=O) groups is 1. The first-order valence-corrected chi connectivity index (χ1v) is 31.8. The molecule has 6 rings (SSSR count). The predicted octanol–water partition coefficient (Wildman–Crippen LogP) is 5.56. The van der Waals surface area contributed by atoms with Crippen molar-refractivity contribution in [1.82, 2.24) is 14.9 Å². The number of aliphatic hydroxyl groups is 1. The Morgan fingerprint density at radius 1 is 0.909 bits per heavy atom. The van der Waals surface area contributed by atoms with E-state index in [0.717, 1.165) is 32.9 Å². The summed E-state index contributed by atoms with van der Waals surface area (Å²) in [7, 11) is -25.7. The second kappa shape index (κ2) is 24.6. The number of fused-ring (bicyclic) bond motifs is 2. The largest absolute Gasteiger partial charge is 0.744 e. The number of ether oxygens (including phenoxy) is 1. The summed E-state index contributed by atoms with van der Waals surface area (Å²) in [5.74, 6) is -0.227. The van der Waals surface area contributed by atoms with Gasteiger partial charge in [-0.3, -0.25) is 23.0 Å². The van der Waals surface area contributed by atoms with Gasteiger partial charge in [-0.2, -0.15) is 26.6 Å². The lowest BCUT2D eigenvalue weighted by Gasteiger charge is -2.25. The summed E-state index contributed by atoms with van der Waals surface area (Å²) in [6.45, 7) is 9.89. The van der Waals surface area contributed by atoms with Crippen molar-refractivity contribution < 1.29 is 91.2 Å². The van der Waals surface area contributed by atoms with Crippen molar-refractivity contribution in [2.24, 2.45) is 0 Å². The summed E-state index contributed by atoms with van der Waals surface area (Å²) in [6, 6.07) is 10.2. The van der Waals surface area contributed by atoms with E-state index in [2.05, 4.69) is 32.9 Å². The monoisotopic (exact) mass is 1180 g/mol. The summed E-state index contributed by atoms with van der Waals surface area (Å²) in [4.78, 5) is 59.7. The van der Waals surface area contributed by atoms with Gasteiger partial charge in [-0.15, -0.1) is 0 Å². The maximum atomic E-state index is 12.7. The van der Waals surface area contributed by atoms with Crippen LogP contribution in [0.15, 0.2) is 87.2 Å². The highest BCUT2D eigenvalue weighted by molar-refractivity contribution is 7.86. The number of benzene rings is 2. The van der Waals surface area contributed by atoms with E-state index in [1.807, 2.05) is 52.8 Å². The van der Waals surface area contributed by atoms with E-state index in [-0.39, 0.29) is 40.8 Å². The number of hydrogen-bond acceptors (Lipinski definition) is 19. The molecule has 426 valence electrons. The van der Waals surface area contributed by atoms with Crippen molar-refractivity contribution in [2.45, 2.75) is 131 Å². The van der Waals surface area contributed by atoms with E-state index in [0.29, 0.717) is 63.7 Å². The third kappa shape index (κ3) is 15.7. The number of anilines is 2. The number of amides is 1. The topological polar surface area (TPSA) is 386 Å². The van der Waals surface area contributed by atoms with E-state index < -0.39 is 91.9 Å². The molecule has 31 heteroatoms. The number of unbranched alkanes of at least 4 members (excludes halogenated alkanes) is 5. The highest BCUT2D eigenvalue weighted by atomic mass is 32.2. The van der Waals surface area contributed by atoms with Gasteiger partial charge in [0.05, 0.1) is 34.5 Å². The van der Waals surface area contributed by atoms with Gasteiger partial charge in [-0.1, -0.05) is 32.8 Å². The summed E-state index contributed by atoms with van der Waals surface area (Å²) >= 11 is 0. The Morgan fingerprint density at radius 3 is 2.22 bits per heavy atom. The Kier molecular flexibility index (Phi) is 19.8. The molecule has 1 aromatic heterocycles. The molecule has 1 saturated heterocycles. The van der Waals surface area contributed by atoms with E-state index in [4.69, 9.17) is 15.0 Å². The molecule has 3 unspecified atom stereocenters. The van der Waals surface area contributed by atoms with Crippen LogP contribution in [-0.4, -0.2) is 117 Å². The van der Waals surface area contributed by atoms with Gasteiger partial charge in [-0.05, 0) is 94.5 Å². The number of nitrogens with two attached hydrogens (primary N) is 1. The first-order chi connectivity index (χ1) is 35.8.